The monoisotopic (exact) mass is 313 g/mol. The highest BCUT2D eigenvalue weighted by molar-refractivity contribution is 9.09. The van der Waals surface area contributed by atoms with E-state index in [1.807, 2.05) is 20.9 Å². The number of hydrogen-bond donors (Lipinski definition) is 1. The number of halogens is 1. The van der Waals surface area contributed by atoms with Crippen LogP contribution in [0.3, 0.4) is 0 Å². The van der Waals surface area contributed by atoms with Gasteiger partial charge in [0, 0.05) is 23.6 Å². The smallest absolute Gasteiger partial charge is 0.255 e. The summed E-state index contributed by atoms with van der Waals surface area (Å²) >= 11 is 3.63. The first-order valence-corrected chi connectivity index (χ1v) is 7.35. The Labute approximate surface area is 116 Å². The molecule has 1 aromatic rings. The van der Waals surface area contributed by atoms with Crippen molar-refractivity contribution in [3.63, 3.8) is 0 Å². The van der Waals surface area contributed by atoms with Crippen LogP contribution in [0.4, 0.5) is 0 Å². The molecule has 0 saturated heterocycles. The summed E-state index contributed by atoms with van der Waals surface area (Å²) in [4.78, 5) is 12.9. The van der Waals surface area contributed by atoms with E-state index in [0.29, 0.717) is 10.9 Å². The molecule has 1 amide bonds. The van der Waals surface area contributed by atoms with Gasteiger partial charge in [0.05, 0.1) is 11.3 Å². The van der Waals surface area contributed by atoms with Gasteiger partial charge in [0.25, 0.3) is 5.91 Å². The van der Waals surface area contributed by atoms with Crippen molar-refractivity contribution < 1.29 is 4.79 Å². The molecular weight excluding hydrogens is 294 g/mol. The highest BCUT2D eigenvalue weighted by Gasteiger charge is 2.23. The zero-order valence-electron chi connectivity index (χ0n) is 11.2. The quantitative estimate of drug-likeness (QED) is 0.853. The predicted molar refractivity (Wildman–Crippen MR) is 75.1 cm³/mol. The van der Waals surface area contributed by atoms with Crippen LogP contribution in [0.25, 0.3) is 0 Å². The highest BCUT2D eigenvalue weighted by atomic mass is 79.9. The fourth-order valence-electron chi connectivity index (χ4n) is 2.56. The van der Waals surface area contributed by atoms with Crippen LogP contribution in [0.15, 0.2) is 0 Å². The van der Waals surface area contributed by atoms with Crippen molar-refractivity contribution in [3.05, 3.63) is 17.0 Å². The zero-order valence-corrected chi connectivity index (χ0v) is 12.7. The third kappa shape index (κ3) is 2.76. The average Bonchev–Trinajstić information content (AvgIpc) is 2.56. The molecule has 0 aromatic carbocycles. The lowest BCUT2D eigenvalue weighted by Crippen LogP contribution is -2.38. The van der Waals surface area contributed by atoms with Crippen LogP contribution < -0.4 is 5.32 Å². The molecular formula is C13H20BrN3O. The topological polar surface area (TPSA) is 46.9 Å². The third-order valence-corrected chi connectivity index (χ3v) is 4.64. The van der Waals surface area contributed by atoms with Crippen molar-refractivity contribution in [2.75, 3.05) is 0 Å². The minimum absolute atomic E-state index is 0.0242. The van der Waals surface area contributed by atoms with Crippen LogP contribution >= 0.6 is 15.9 Å². The summed E-state index contributed by atoms with van der Waals surface area (Å²) in [7, 11) is 1.87. The van der Waals surface area contributed by atoms with Gasteiger partial charge in [-0.05, 0) is 39.5 Å². The summed E-state index contributed by atoms with van der Waals surface area (Å²) in [5, 5.41) is 7.42. The van der Waals surface area contributed by atoms with Crippen LogP contribution in [-0.2, 0) is 7.05 Å². The molecule has 0 spiro atoms. The van der Waals surface area contributed by atoms with E-state index in [2.05, 4.69) is 26.3 Å². The van der Waals surface area contributed by atoms with Crippen LogP contribution in [-0.4, -0.2) is 26.6 Å². The van der Waals surface area contributed by atoms with Gasteiger partial charge in [0.15, 0.2) is 0 Å². The van der Waals surface area contributed by atoms with Gasteiger partial charge in [0.1, 0.15) is 0 Å². The van der Waals surface area contributed by atoms with Crippen molar-refractivity contribution in [3.8, 4) is 0 Å². The van der Waals surface area contributed by atoms with Gasteiger partial charge in [-0.2, -0.15) is 5.10 Å². The molecule has 1 aliphatic carbocycles. The summed E-state index contributed by atoms with van der Waals surface area (Å²) in [6.45, 7) is 3.82. The second-order valence-corrected chi connectivity index (χ2v) is 6.39. The Morgan fingerprint density at radius 1 is 1.33 bits per heavy atom. The van der Waals surface area contributed by atoms with Gasteiger partial charge in [-0.15, -0.1) is 0 Å². The number of nitrogens with zero attached hydrogens (tertiary/aromatic N) is 2. The number of carbonyl (C=O) groups is 1. The van der Waals surface area contributed by atoms with E-state index in [4.69, 9.17) is 0 Å². The van der Waals surface area contributed by atoms with E-state index >= 15 is 0 Å². The lowest BCUT2D eigenvalue weighted by molar-refractivity contribution is 0.0927. The molecule has 0 radical (unpaired) electrons. The molecule has 1 heterocycles. The fraction of sp³-hybridized carbons (Fsp3) is 0.692. The maximum Gasteiger partial charge on any atom is 0.255 e. The van der Waals surface area contributed by atoms with Gasteiger partial charge < -0.3 is 5.32 Å². The minimum Gasteiger partial charge on any atom is -0.349 e. The Morgan fingerprint density at radius 2 is 1.94 bits per heavy atom. The van der Waals surface area contributed by atoms with Crippen LogP contribution in [0.2, 0.25) is 0 Å². The minimum atomic E-state index is 0.0242. The van der Waals surface area contributed by atoms with Gasteiger partial charge in [-0.3, -0.25) is 9.48 Å². The number of nitrogens with one attached hydrogen (secondary N) is 1. The van der Waals surface area contributed by atoms with Crippen molar-refractivity contribution in [2.24, 2.45) is 7.05 Å². The van der Waals surface area contributed by atoms with E-state index in [-0.39, 0.29) is 5.91 Å². The van der Waals surface area contributed by atoms with Crippen molar-refractivity contribution >= 4 is 21.8 Å². The summed E-state index contributed by atoms with van der Waals surface area (Å²) in [5.41, 5.74) is 2.47. The van der Waals surface area contributed by atoms with Crippen LogP contribution in [0.1, 0.15) is 47.4 Å². The molecule has 1 saturated carbocycles. The first-order chi connectivity index (χ1) is 8.49. The van der Waals surface area contributed by atoms with Crippen LogP contribution in [0.5, 0.6) is 0 Å². The van der Waals surface area contributed by atoms with E-state index in [9.17, 15) is 4.79 Å². The molecule has 0 unspecified atom stereocenters. The Morgan fingerprint density at radius 3 is 2.44 bits per heavy atom. The van der Waals surface area contributed by atoms with E-state index in [1.54, 1.807) is 4.68 Å². The van der Waals surface area contributed by atoms with E-state index in [0.717, 1.165) is 42.6 Å². The lowest BCUT2D eigenvalue weighted by Gasteiger charge is -2.26. The molecule has 18 heavy (non-hydrogen) atoms. The number of alkyl halides is 1. The highest BCUT2D eigenvalue weighted by Crippen LogP contribution is 2.24. The first-order valence-electron chi connectivity index (χ1n) is 6.44. The molecule has 0 aliphatic heterocycles. The maximum absolute atomic E-state index is 12.3. The second-order valence-electron chi connectivity index (χ2n) is 5.09. The molecule has 2 rings (SSSR count). The van der Waals surface area contributed by atoms with Gasteiger partial charge >= 0.3 is 0 Å². The number of carbonyl (C=O) groups excluding carboxylic acids is 1. The molecule has 0 bridgehead atoms. The number of rotatable bonds is 2. The summed E-state index contributed by atoms with van der Waals surface area (Å²) in [6.07, 6.45) is 4.38. The molecule has 1 aliphatic rings. The van der Waals surface area contributed by atoms with Crippen molar-refractivity contribution in [1.29, 1.82) is 0 Å². The van der Waals surface area contributed by atoms with Gasteiger partial charge in [0.2, 0.25) is 0 Å². The molecule has 5 heteroatoms. The molecule has 1 fully saturated rings. The standard InChI is InChI=1S/C13H20BrN3O/c1-8-12(9(2)17(3)16-8)13(18)15-11-6-4-10(14)5-7-11/h10-11H,4-7H2,1-3H3,(H,15,18). The molecule has 0 atom stereocenters. The molecule has 100 valence electrons. The van der Waals surface area contributed by atoms with Gasteiger partial charge in [-0.25, -0.2) is 0 Å². The van der Waals surface area contributed by atoms with Gasteiger partial charge in [-0.1, -0.05) is 15.9 Å². The Balaban J connectivity index is 2.04. The zero-order chi connectivity index (χ0) is 13.3. The summed E-state index contributed by atoms with van der Waals surface area (Å²) < 4.78 is 1.76. The Bertz CT molecular complexity index is 447. The number of amides is 1. The Hall–Kier alpha value is -0.840. The number of aryl methyl sites for hydroxylation is 2. The summed E-state index contributed by atoms with van der Waals surface area (Å²) in [5.74, 6) is 0.0242. The molecule has 4 nitrogen and oxygen atoms in total. The molecule has 1 aromatic heterocycles. The SMILES string of the molecule is Cc1nn(C)c(C)c1C(=O)NC1CCC(Br)CC1. The normalized spacial score (nSPS) is 24.0. The largest absolute Gasteiger partial charge is 0.349 e. The van der Waals surface area contributed by atoms with Crippen molar-refractivity contribution in [1.82, 2.24) is 15.1 Å². The lowest BCUT2D eigenvalue weighted by atomic mass is 9.95. The fourth-order valence-corrected chi connectivity index (χ4v) is 3.09. The predicted octanol–water partition coefficient (Wildman–Crippen LogP) is 2.47. The van der Waals surface area contributed by atoms with Crippen molar-refractivity contribution in [2.45, 2.75) is 50.4 Å². The number of hydrogen-bond acceptors (Lipinski definition) is 2. The van der Waals surface area contributed by atoms with E-state index in [1.165, 1.54) is 0 Å². The maximum atomic E-state index is 12.3. The average molecular weight is 314 g/mol. The molecule has 1 N–H and O–H groups in total. The van der Waals surface area contributed by atoms with Crippen LogP contribution in [0, 0.1) is 13.8 Å². The third-order valence-electron chi connectivity index (χ3n) is 3.73. The first kappa shape index (κ1) is 13.6. The second kappa shape index (κ2) is 5.43. The number of aromatic nitrogens is 2. The Kier molecular flexibility index (Phi) is 4.10. The summed E-state index contributed by atoms with van der Waals surface area (Å²) in [6, 6.07) is 0.310. The van der Waals surface area contributed by atoms with E-state index < -0.39 is 0 Å².